The number of hydrogen-bond acceptors (Lipinski definition) is 4. The number of carbonyl (C=O) groups is 2. The van der Waals surface area contributed by atoms with Crippen LogP contribution in [0.4, 0.5) is 23.2 Å². The molecule has 1 unspecified atom stereocenters. The molecule has 1 aliphatic heterocycles. The number of benzene rings is 2. The van der Waals surface area contributed by atoms with Gasteiger partial charge in [-0.05, 0) is 81.5 Å². The van der Waals surface area contributed by atoms with Gasteiger partial charge >= 0.3 is 12.1 Å². The van der Waals surface area contributed by atoms with Gasteiger partial charge in [0.15, 0.2) is 0 Å². The van der Waals surface area contributed by atoms with E-state index < -0.39 is 35.0 Å². The van der Waals surface area contributed by atoms with Crippen LogP contribution in [0.3, 0.4) is 0 Å². The lowest BCUT2D eigenvalue weighted by Crippen LogP contribution is -2.32. The molecule has 0 saturated heterocycles. The Balaban J connectivity index is 1.65. The third-order valence-electron chi connectivity index (χ3n) is 7.42. The van der Waals surface area contributed by atoms with E-state index in [0.29, 0.717) is 34.7 Å². The van der Waals surface area contributed by atoms with Crippen molar-refractivity contribution in [3.8, 4) is 0 Å². The number of fused-ring (bicyclic) bond motifs is 3. The highest BCUT2D eigenvalue weighted by molar-refractivity contribution is 6.49. The first-order valence-electron chi connectivity index (χ1n) is 13.9. The largest absolute Gasteiger partial charge is 0.460 e. The second-order valence-corrected chi connectivity index (χ2v) is 12.2. The molecule has 1 fully saturated rings. The number of esters is 1. The van der Waals surface area contributed by atoms with E-state index in [0.717, 1.165) is 25.0 Å². The van der Waals surface area contributed by atoms with Crippen LogP contribution in [0.25, 0.3) is 11.1 Å². The molecule has 0 bridgehead atoms. The smallest absolute Gasteiger partial charge is 0.416 e. The number of allylic oxidation sites excluding steroid dienone is 4. The fourth-order valence-electron chi connectivity index (χ4n) is 5.38. The van der Waals surface area contributed by atoms with Gasteiger partial charge in [0.05, 0.1) is 28.4 Å². The van der Waals surface area contributed by atoms with Crippen molar-refractivity contribution in [1.82, 2.24) is 4.90 Å². The Morgan fingerprint density at radius 2 is 1.83 bits per heavy atom. The van der Waals surface area contributed by atoms with E-state index in [9.17, 15) is 22.8 Å². The molecule has 2 aromatic carbocycles. The Morgan fingerprint density at radius 1 is 1.12 bits per heavy atom. The van der Waals surface area contributed by atoms with Gasteiger partial charge in [-0.25, -0.2) is 4.39 Å². The first-order valence-corrected chi connectivity index (χ1v) is 14.3. The first-order chi connectivity index (χ1) is 19.7. The molecule has 222 valence electrons. The minimum Gasteiger partial charge on any atom is -0.460 e. The summed E-state index contributed by atoms with van der Waals surface area (Å²) in [5.74, 6) is -1.98. The van der Waals surface area contributed by atoms with Gasteiger partial charge in [0.25, 0.3) is 0 Å². The number of carbonyl (C=O) groups excluding carboxylic acids is 2. The van der Waals surface area contributed by atoms with E-state index in [1.54, 1.807) is 39.8 Å². The van der Waals surface area contributed by atoms with Crippen molar-refractivity contribution in [1.29, 1.82) is 0 Å². The van der Waals surface area contributed by atoms with Gasteiger partial charge < -0.3 is 9.64 Å². The first kappa shape index (κ1) is 30.0. The third kappa shape index (κ3) is 6.02. The van der Waals surface area contributed by atoms with Gasteiger partial charge in [-0.2, -0.15) is 13.2 Å². The lowest BCUT2D eigenvalue weighted by atomic mass is 9.81. The molecule has 0 radical (unpaired) electrons. The summed E-state index contributed by atoms with van der Waals surface area (Å²) in [6.07, 6.45) is -1.55. The summed E-state index contributed by atoms with van der Waals surface area (Å²) in [6.45, 7) is 7.25. The normalized spacial score (nSPS) is 18.3. The maximum Gasteiger partial charge on any atom is 0.416 e. The van der Waals surface area contributed by atoms with Crippen molar-refractivity contribution in [2.24, 2.45) is 16.8 Å². The number of halogens is 5. The van der Waals surface area contributed by atoms with Crippen LogP contribution in [0.1, 0.15) is 69.2 Å². The highest BCUT2D eigenvalue weighted by Gasteiger charge is 2.39. The van der Waals surface area contributed by atoms with Gasteiger partial charge in [0, 0.05) is 36.1 Å². The van der Waals surface area contributed by atoms with E-state index >= 15 is 4.39 Å². The molecule has 3 aliphatic rings. The zero-order chi connectivity index (χ0) is 30.6. The van der Waals surface area contributed by atoms with Gasteiger partial charge in [-0.15, -0.1) is 0 Å². The number of rotatable bonds is 7. The van der Waals surface area contributed by atoms with Crippen molar-refractivity contribution < 1.29 is 31.9 Å². The predicted octanol–water partition coefficient (Wildman–Crippen LogP) is 8.08. The van der Waals surface area contributed by atoms with Crippen molar-refractivity contribution >= 4 is 46.0 Å². The predicted molar refractivity (Wildman–Crippen MR) is 153 cm³/mol. The molecular formula is C32H31ClF4N2O3. The average Bonchev–Trinajstić information content (AvgIpc) is 3.66. The highest BCUT2D eigenvalue weighted by atomic mass is 35.5. The maximum absolute atomic E-state index is 15.2. The van der Waals surface area contributed by atoms with Gasteiger partial charge in [-0.1, -0.05) is 29.8 Å². The molecule has 42 heavy (non-hydrogen) atoms. The third-order valence-corrected chi connectivity index (χ3v) is 7.82. The average molecular weight is 603 g/mol. The second-order valence-electron chi connectivity index (χ2n) is 11.8. The molecule has 2 aromatic rings. The Hall–Kier alpha value is -3.46. The maximum atomic E-state index is 15.2. The lowest BCUT2D eigenvalue weighted by Gasteiger charge is -2.28. The minimum absolute atomic E-state index is 0.0649. The van der Waals surface area contributed by atoms with Gasteiger partial charge in [-0.3, -0.25) is 14.6 Å². The van der Waals surface area contributed by atoms with Crippen LogP contribution in [-0.2, 0) is 27.0 Å². The summed E-state index contributed by atoms with van der Waals surface area (Å²) in [4.78, 5) is 32.0. The SMILES string of the molecule is CCN(Cc1cc(C(F)(F)F)ccc1C1=CC(CC(=O)OC(C)(C)C)C2=Nc3cccc(F)c3C2=C1Cl)C(=O)C1CC1. The summed E-state index contributed by atoms with van der Waals surface area (Å²) in [6, 6.07) is 7.75. The van der Waals surface area contributed by atoms with E-state index in [4.69, 9.17) is 16.3 Å². The van der Waals surface area contributed by atoms with Crippen LogP contribution in [0, 0.1) is 17.7 Å². The summed E-state index contributed by atoms with van der Waals surface area (Å²) >= 11 is 6.97. The fourth-order valence-corrected chi connectivity index (χ4v) is 5.73. The molecular weight excluding hydrogens is 572 g/mol. The zero-order valence-electron chi connectivity index (χ0n) is 23.7. The molecule has 5 rings (SSSR count). The quantitative estimate of drug-likeness (QED) is 0.238. The number of nitrogens with zero attached hydrogens (tertiary/aromatic N) is 2. The molecule has 0 N–H and O–H groups in total. The lowest BCUT2D eigenvalue weighted by molar-refractivity contribution is -0.155. The van der Waals surface area contributed by atoms with E-state index in [-0.39, 0.29) is 40.9 Å². The number of aliphatic imine (C=N–C) groups is 1. The monoisotopic (exact) mass is 602 g/mol. The van der Waals surface area contributed by atoms with Crippen molar-refractivity contribution in [2.45, 2.75) is 65.3 Å². The zero-order valence-corrected chi connectivity index (χ0v) is 24.5. The van der Waals surface area contributed by atoms with Crippen molar-refractivity contribution in [3.05, 3.63) is 75.6 Å². The van der Waals surface area contributed by atoms with Crippen LogP contribution >= 0.6 is 11.6 Å². The molecule has 1 saturated carbocycles. The number of hydrogen-bond donors (Lipinski definition) is 0. The Labute approximate surface area is 246 Å². The summed E-state index contributed by atoms with van der Waals surface area (Å²) < 4.78 is 62.2. The minimum atomic E-state index is -4.61. The summed E-state index contributed by atoms with van der Waals surface area (Å²) in [5.41, 5.74) is 0.543. The second kappa shape index (κ2) is 11.0. The standard InChI is InChI=1S/C32H31ClF4N2O3/c1-5-39(30(41)17-9-10-17)16-19-13-20(32(35,36)37)11-12-21(19)22-14-18(15-25(40)42-31(2,3)4)29-27(28(22)33)26-23(34)7-6-8-24(26)38-29/h6-8,11-14,17-18H,5,9-10,15-16H2,1-4H3. The van der Waals surface area contributed by atoms with Crippen LogP contribution in [0.2, 0.25) is 0 Å². The molecule has 0 aromatic heterocycles. The number of ether oxygens (including phenoxy) is 1. The Kier molecular flexibility index (Phi) is 7.85. The Bertz CT molecular complexity index is 1550. The molecule has 10 heteroatoms. The molecule has 2 aliphatic carbocycles. The number of alkyl halides is 3. The van der Waals surface area contributed by atoms with Crippen molar-refractivity contribution in [3.63, 3.8) is 0 Å². The van der Waals surface area contributed by atoms with E-state index in [1.807, 2.05) is 0 Å². The van der Waals surface area contributed by atoms with Crippen LogP contribution in [-0.4, -0.2) is 34.6 Å². The summed E-state index contributed by atoms with van der Waals surface area (Å²) in [5, 5.41) is 0.107. The Morgan fingerprint density at radius 3 is 2.45 bits per heavy atom. The van der Waals surface area contributed by atoms with Crippen LogP contribution in [0.5, 0.6) is 0 Å². The van der Waals surface area contributed by atoms with E-state index in [2.05, 4.69) is 4.99 Å². The molecule has 1 heterocycles. The van der Waals surface area contributed by atoms with Gasteiger partial charge in [0.1, 0.15) is 11.4 Å². The highest BCUT2D eigenvalue weighted by Crippen LogP contribution is 2.49. The van der Waals surface area contributed by atoms with E-state index in [1.165, 1.54) is 23.1 Å². The van der Waals surface area contributed by atoms with Crippen molar-refractivity contribution in [2.75, 3.05) is 6.54 Å². The fraction of sp³-hybridized carbons (Fsp3) is 0.406. The molecule has 0 spiro atoms. The van der Waals surface area contributed by atoms with Crippen LogP contribution in [0.15, 0.2) is 52.5 Å². The summed E-state index contributed by atoms with van der Waals surface area (Å²) in [7, 11) is 0. The molecule has 1 atom stereocenters. The molecule has 1 amide bonds. The topological polar surface area (TPSA) is 59.0 Å². The van der Waals surface area contributed by atoms with Crippen LogP contribution < -0.4 is 0 Å². The van der Waals surface area contributed by atoms with Gasteiger partial charge in [0.2, 0.25) is 5.91 Å². The number of amides is 1. The molecule has 5 nitrogen and oxygen atoms in total.